The summed E-state index contributed by atoms with van der Waals surface area (Å²) in [5.74, 6) is 7.53. The number of hydrazine groups is 1. The molecule has 0 aliphatic heterocycles. The van der Waals surface area contributed by atoms with Crippen LogP contribution in [0.2, 0.25) is 0 Å². The van der Waals surface area contributed by atoms with Crippen molar-refractivity contribution in [2.75, 3.05) is 0 Å². The molecule has 1 atom stereocenters. The molecular formula is C16H24N4O. The van der Waals surface area contributed by atoms with E-state index in [0.717, 1.165) is 30.1 Å². The number of aryl methyl sites for hydroxylation is 1. The van der Waals surface area contributed by atoms with E-state index in [1.165, 1.54) is 0 Å². The molecule has 5 nitrogen and oxygen atoms in total. The fourth-order valence-corrected chi connectivity index (χ4v) is 2.37. The Balaban J connectivity index is 2.30. The van der Waals surface area contributed by atoms with Crippen molar-refractivity contribution in [3.05, 3.63) is 48.0 Å². The normalized spacial score (nSPS) is 12.6. The minimum absolute atomic E-state index is 0.145. The molecule has 0 bridgehead atoms. The van der Waals surface area contributed by atoms with Crippen molar-refractivity contribution < 1.29 is 4.74 Å². The summed E-state index contributed by atoms with van der Waals surface area (Å²) in [6.07, 6.45) is 4.99. The van der Waals surface area contributed by atoms with Gasteiger partial charge in [0.1, 0.15) is 17.6 Å². The van der Waals surface area contributed by atoms with E-state index in [1.54, 1.807) is 0 Å². The van der Waals surface area contributed by atoms with Gasteiger partial charge in [-0.2, -0.15) is 0 Å². The van der Waals surface area contributed by atoms with Crippen molar-refractivity contribution in [2.45, 2.75) is 45.9 Å². The average molecular weight is 288 g/mol. The number of nitrogens with zero attached hydrogens (tertiary/aromatic N) is 2. The zero-order valence-electron chi connectivity index (χ0n) is 12.9. The van der Waals surface area contributed by atoms with Crippen molar-refractivity contribution >= 4 is 0 Å². The number of nitrogens with one attached hydrogen (secondary N) is 1. The van der Waals surface area contributed by atoms with Crippen LogP contribution in [0.5, 0.6) is 5.75 Å². The first-order chi connectivity index (χ1) is 10.2. The third kappa shape index (κ3) is 3.83. The smallest absolute Gasteiger partial charge is 0.131 e. The molecule has 1 aromatic heterocycles. The summed E-state index contributed by atoms with van der Waals surface area (Å²) < 4.78 is 7.87. The van der Waals surface area contributed by atoms with Gasteiger partial charge >= 0.3 is 0 Å². The topological polar surface area (TPSA) is 65.1 Å². The van der Waals surface area contributed by atoms with E-state index in [0.29, 0.717) is 0 Å². The molecule has 1 unspecified atom stereocenters. The van der Waals surface area contributed by atoms with Crippen molar-refractivity contribution in [1.29, 1.82) is 0 Å². The maximum absolute atomic E-state index is 5.77. The van der Waals surface area contributed by atoms with E-state index < -0.39 is 0 Å². The predicted octanol–water partition coefficient (Wildman–Crippen LogP) is 2.63. The molecule has 0 saturated heterocycles. The molecule has 0 amide bonds. The summed E-state index contributed by atoms with van der Waals surface area (Å²) in [5, 5.41) is 0. The quantitative estimate of drug-likeness (QED) is 0.607. The zero-order chi connectivity index (χ0) is 15.2. The Morgan fingerprint density at radius 3 is 2.86 bits per heavy atom. The number of ether oxygens (including phenoxy) is 1. The van der Waals surface area contributed by atoms with Crippen molar-refractivity contribution in [3.63, 3.8) is 0 Å². The second-order valence-electron chi connectivity index (χ2n) is 5.32. The Hall–Kier alpha value is -1.85. The van der Waals surface area contributed by atoms with E-state index in [1.807, 2.05) is 50.5 Å². The molecule has 0 saturated carbocycles. The first-order valence-corrected chi connectivity index (χ1v) is 7.39. The maximum Gasteiger partial charge on any atom is 0.131 e. The fourth-order valence-electron chi connectivity index (χ4n) is 2.37. The summed E-state index contributed by atoms with van der Waals surface area (Å²) in [6.45, 7) is 7.10. The van der Waals surface area contributed by atoms with Crippen LogP contribution in [-0.2, 0) is 6.54 Å². The standard InChI is InChI=1S/C16H24N4O/c1-4-9-20-10-8-18-16(20)15(19-17)13-6-5-7-14(11-13)21-12(2)3/h5-8,10-12,15,19H,4,9,17H2,1-3H3. The van der Waals surface area contributed by atoms with Gasteiger partial charge in [-0.1, -0.05) is 19.1 Å². The van der Waals surface area contributed by atoms with E-state index in [-0.39, 0.29) is 12.1 Å². The third-order valence-corrected chi connectivity index (χ3v) is 3.20. The summed E-state index contributed by atoms with van der Waals surface area (Å²) in [4.78, 5) is 4.45. The van der Waals surface area contributed by atoms with Gasteiger partial charge in [-0.05, 0) is 38.0 Å². The van der Waals surface area contributed by atoms with E-state index >= 15 is 0 Å². The lowest BCUT2D eigenvalue weighted by Gasteiger charge is -2.19. The van der Waals surface area contributed by atoms with Crippen molar-refractivity contribution in [2.24, 2.45) is 5.84 Å². The lowest BCUT2D eigenvalue weighted by molar-refractivity contribution is 0.242. The van der Waals surface area contributed by atoms with Crippen LogP contribution in [0.25, 0.3) is 0 Å². The molecule has 0 fully saturated rings. The fraction of sp³-hybridized carbons (Fsp3) is 0.438. The van der Waals surface area contributed by atoms with Crippen LogP contribution in [0, 0.1) is 0 Å². The number of rotatable bonds is 7. The second kappa shape index (κ2) is 7.24. The van der Waals surface area contributed by atoms with Gasteiger partial charge in [0.2, 0.25) is 0 Å². The molecule has 1 aromatic carbocycles. The minimum Gasteiger partial charge on any atom is -0.491 e. The SMILES string of the molecule is CCCn1ccnc1C(NN)c1cccc(OC(C)C)c1. The summed E-state index contributed by atoms with van der Waals surface area (Å²) >= 11 is 0. The Morgan fingerprint density at radius 1 is 1.38 bits per heavy atom. The molecule has 0 aliphatic carbocycles. The monoisotopic (exact) mass is 288 g/mol. The number of nitrogens with two attached hydrogens (primary N) is 1. The molecule has 0 radical (unpaired) electrons. The predicted molar refractivity (Wildman–Crippen MR) is 83.9 cm³/mol. The maximum atomic E-state index is 5.77. The summed E-state index contributed by atoms with van der Waals surface area (Å²) in [5.41, 5.74) is 3.90. The number of hydrogen-bond donors (Lipinski definition) is 2. The Labute approximate surface area is 126 Å². The van der Waals surface area contributed by atoms with Crippen LogP contribution < -0.4 is 16.0 Å². The van der Waals surface area contributed by atoms with Gasteiger partial charge in [0.05, 0.1) is 6.10 Å². The Kier molecular flexibility index (Phi) is 5.36. The van der Waals surface area contributed by atoms with E-state index in [2.05, 4.69) is 21.9 Å². The van der Waals surface area contributed by atoms with E-state index in [4.69, 9.17) is 10.6 Å². The highest BCUT2D eigenvalue weighted by Crippen LogP contribution is 2.24. The first-order valence-electron chi connectivity index (χ1n) is 7.39. The minimum atomic E-state index is -0.151. The molecule has 2 rings (SSSR count). The highest BCUT2D eigenvalue weighted by Gasteiger charge is 2.18. The van der Waals surface area contributed by atoms with Crippen LogP contribution in [0.15, 0.2) is 36.7 Å². The highest BCUT2D eigenvalue weighted by molar-refractivity contribution is 5.33. The molecule has 0 aliphatic rings. The number of imidazole rings is 1. The lowest BCUT2D eigenvalue weighted by Crippen LogP contribution is -2.31. The van der Waals surface area contributed by atoms with Gasteiger partial charge in [-0.25, -0.2) is 10.4 Å². The molecule has 114 valence electrons. The summed E-state index contributed by atoms with van der Waals surface area (Å²) in [6, 6.07) is 7.82. The Bertz CT molecular complexity index is 565. The highest BCUT2D eigenvalue weighted by atomic mass is 16.5. The van der Waals surface area contributed by atoms with Crippen LogP contribution in [-0.4, -0.2) is 15.7 Å². The number of hydrogen-bond acceptors (Lipinski definition) is 4. The Morgan fingerprint density at radius 2 is 2.19 bits per heavy atom. The molecule has 1 heterocycles. The van der Waals surface area contributed by atoms with E-state index in [9.17, 15) is 0 Å². The number of benzene rings is 1. The van der Waals surface area contributed by atoms with Crippen LogP contribution >= 0.6 is 0 Å². The van der Waals surface area contributed by atoms with Crippen LogP contribution in [0.4, 0.5) is 0 Å². The van der Waals surface area contributed by atoms with Gasteiger partial charge in [0.15, 0.2) is 0 Å². The van der Waals surface area contributed by atoms with Gasteiger partial charge in [-0.3, -0.25) is 5.84 Å². The third-order valence-electron chi connectivity index (χ3n) is 3.20. The molecule has 0 spiro atoms. The van der Waals surface area contributed by atoms with Gasteiger partial charge < -0.3 is 9.30 Å². The second-order valence-corrected chi connectivity index (χ2v) is 5.32. The van der Waals surface area contributed by atoms with Gasteiger partial charge in [-0.15, -0.1) is 0 Å². The zero-order valence-corrected chi connectivity index (χ0v) is 12.9. The number of aromatic nitrogens is 2. The lowest BCUT2D eigenvalue weighted by atomic mass is 10.1. The first kappa shape index (κ1) is 15.5. The largest absolute Gasteiger partial charge is 0.491 e. The average Bonchev–Trinajstić information content (AvgIpc) is 2.88. The molecule has 2 aromatic rings. The van der Waals surface area contributed by atoms with Crippen LogP contribution in [0.1, 0.15) is 44.6 Å². The van der Waals surface area contributed by atoms with Crippen molar-refractivity contribution in [3.8, 4) is 5.75 Å². The molecule has 3 N–H and O–H groups in total. The van der Waals surface area contributed by atoms with Gasteiger partial charge in [0.25, 0.3) is 0 Å². The molecule has 21 heavy (non-hydrogen) atoms. The van der Waals surface area contributed by atoms with Gasteiger partial charge in [0, 0.05) is 18.9 Å². The van der Waals surface area contributed by atoms with Crippen molar-refractivity contribution in [1.82, 2.24) is 15.0 Å². The molecular weight excluding hydrogens is 264 g/mol. The summed E-state index contributed by atoms with van der Waals surface area (Å²) in [7, 11) is 0. The molecule has 5 heteroatoms. The van der Waals surface area contributed by atoms with Crippen LogP contribution in [0.3, 0.4) is 0 Å².